The topological polar surface area (TPSA) is 67.3 Å². The van der Waals surface area contributed by atoms with E-state index in [1.54, 1.807) is 36.5 Å². The van der Waals surface area contributed by atoms with Gasteiger partial charge in [-0.15, -0.1) is 0 Å². The van der Waals surface area contributed by atoms with E-state index in [9.17, 15) is 9.59 Å². The summed E-state index contributed by atoms with van der Waals surface area (Å²) >= 11 is 0. The number of carboxylic acids is 1. The zero-order valence-electron chi connectivity index (χ0n) is 8.83. The van der Waals surface area contributed by atoms with Crippen LogP contribution in [0.1, 0.15) is 20.8 Å². The first-order chi connectivity index (χ1) is 8.20. The van der Waals surface area contributed by atoms with Crippen LogP contribution in [0.4, 0.5) is 0 Å². The molecule has 0 spiro atoms. The largest absolute Gasteiger partial charge is 0.478 e. The highest BCUT2D eigenvalue weighted by Gasteiger charge is 2.04. The highest BCUT2D eigenvalue weighted by Crippen LogP contribution is 2.19. The molecule has 1 N–H and O–H groups in total. The van der Waals surface area contributed by atoms with Crippen LogP contribution in [0, 0.1) is 0 Å². The van der Waals surface area contributed by atoms with Gasteiger partial charge in [0.1, 0.15) is 5.69 Å². The second-order valence-electron chi connectivity index (χ2n) is 3.48. The number of aromatic nitrogens is 1. The van der Waals surface area contributed by atoms with Crippen LogP contribution in [-0.2, 0) is 0 Å². The smallest absolute Gasteiger partial charge is 0.335 e. The number of pyridine rings is 1. The fourth-order valence-electron chi connectivity index (χ4n) is 1.48. The Morgan fingerprint density at radius 1 is 1.18 bits per heavy atom. The van der Waals surface area contributed by atoms with E-state index in [-0.39, 0.29) is 5.56 Å². The number of carbonyl (C=O) groups is 2. The van der Waals surface area contributed by atoms with E-state index >= 15 is 0 Å². The molecule has 2 rings (SSSR count). The first-order valence-corrected chi connectivity index (χ1v) is 4.95. The number of carbonyl (C=O) groups excluding carboxylic acids is 1. The molecule has 2 aromatic rings. The Bertz CT molecular complexity index is 561. The number of hydrogen-bond acceptors (Lipinski definition) is 3. The Labute approximate surface area is 97.6 Å². The molecule has 0 aliphatic carbocycles. The van der Waals surface area contributed by atoms with Crippen molar-refractivity contribution >= 4 is 12.3 Å². The second-order valence-corrected chi connectivity index (χ2v) is 3.48. The van der Waals surface area contributed by atoms with Gasteiger partial charge in [-0.3, -0.25) is 9.78 Å². The summed E-state index contributed by atoms with van der Waals surface area (Å²) < 4.78 is 0. The Hall–Kier alpha value is -2.49. The summed E-state index contributed by atoms with van der Waals surface area (Å²) in [5.74, 6) is -0.968. The minimum Gasteiger partial charge on any atom is -0.478 e. The van der Waals surface area contributed by atoms with Gasteiger partial charge in [0.05, 0.1) is 5.56 Å². The SMILES string of the molecule is O=Cc1ccc(-c2cccc(C(=O)O)c2)cn1. The third kappa shape index (κ3) is 2.36. The Kier molecular flexibility index (Phi) is 2.96. The van der Waals surface area contributed by atoms with E-state index in [1.807, 2.05) is 0 Å². The Morgan fingerprint density at radius 2 is 2.00 bits per heavy atom. The van der Waals surface area contributed by atoms with Crippen molar-refractivity contribution in [3.05, 3.63) is 53.9 Å². The standard InChI is InChI=1S/C13H9NO3/c15-8-12-5-4-11(7-14-12)9-2-1-3-10(6-9)13(16)17/h1-8H,(H,16,17). The van der Waals surface area contributed by atoms with Gasteiger partial charge in [-0.25, -0.2) is 4.79 Å². The third-order valence-corrected chi connectivity index (χ3v) is 2.35. The lowest BCUT2D eigenvalue weighted by Gasteiger charge is -2.02. The fraction of sp³-hybridized carbons (Fsp3) is 0. The number of aromatic carboxylic acids is 1. The number of carboxylic acid groups (broad SMARTS) is 1. The summed E-state index contributed by atoms with van der Waals surface area (Å²) in [6.07, 6.45) is 2.21. The van der Waals surface area contributed by atoms with Crippen LogP contribution < -0.4 is 0 Å². The maximum absolute atomic E-state index is 10.8. The molecule has 0 atom stereocenters. The van der Waals surface area contributed by atoms with E-state index < -0.39 is 5.97 Å². The lowest BCUT2D eigenvalue weighted by Crippen LogP contribution is -1.96. The molecular formula is C13H9NO3. The van der Waals surface area contributed by atoms with Crippen molar-refractivity contribution in [3.63, 3.8) is 0 Å². The molecular weight excluding hydrogens is 218 g/mol. The number of nitrogens with zero attached hydrogens (tertiary/aromatic N) is 1. The Balaban J connectivity index is 2.41. The summed E-state index contributed by atoms with van der Waals surface area (Å²) in [7, 11) is 0. The monoisotopic (exact) mass is 227 g/mol. The molecule has 0 bridgehead atoms. The molecule has 1 heterocycles. The fourth-order valence-corrected chi connectivity index (χ4v) is 1.48. The first-order valence-electron chi connectivity index (χ1n) is 4.95. The summed E-state index contributed by atoms with van der Waals surface area (Å²) in [6, 6.07) is 9.89. The van der Waals surface area contributed by atoms with Crippen LogP contribution in [0.3, 0.4) is 0 Å². The average Bonchev–Trinajstić information content (AvgIpc) is 2.39. The zero-order valence-corrected chi connectivity index (χ0v) is 8.83. The van der Waals surface area contributed by atoms with Crippen molar-refractivity contribution in [1.82, 2.24) is 4.98 Å². The maximum atomic E-state index is 10.8. The molecule has 0 unspecified atom stereocenters. The molecule has 0 saturated heterocycles. The molecule has 4 heteroatoms. The molecule has 0 radical (unpaired) electrons. The van der Waals surface area contributed by atoms with E-state index in [4.69, 9.17) is 5.11 Å². The molecule has 1 aromatic heterocycles. The van der Waals surface area contributed by atoms with Gasteiger partial charge in [0.15, 0.2) is 6.29 Å². The highest BCUT2D eigenvalue weighted by atomic mass is 16.4. The predicted octanol–water partition coefficient (Wildman–Crippen LogP) is 2.26. The maximum Gasteiger partial charge on any atom is 0.335 e. The van der Waals surface area contributed by atoms with Crippen molar-refractivity contribution < 1.29 is 14.7 Å². The summed E-state index contributed by atoms with van der Waals surface area (Å²) in [5, 5.41) is 8.88. The van der Waals surface area contributed by atoms with Gasteiger partial charge in [-0.2, -0.15) is 0 Å². The van der Waals surface area contributed by atoms with Crippen molar-refractivity contribution in [2.45, 2.75) is 0 Å². The minimum absolute atomic E-state index is 0.224. The van der Waals surface area contributed by atoms with Crippen LogP contribution in [0.15, 0.2) is 42.6 Å². The molecule has 4 nitrogen and oxygen atoms in total. The second kappa shape index (κ2) is 4.57. The molecule has 0 aliphatic heterocycles. The molecule has 84 valence electrons. The molecule has 0 fully saturated rings. The quantitative estimate of drug-likeness (QED) is 0.816. The molecule has 0 saturated carbocycles. The van der Waals surface area contributed by atoms with Crippen LogP contribution in [0.2, 0.25) is 0 Å². The van der Waals surface area contributed by atoms with E-state index in [0.29, 0.717) is 12.0 Å². The van der Waals surface area contributed by atoms with Gasteiger partial charge in [-0.1, -0.05) is 18.2 Å². The van der Waals surface area contributed by atoms with E-state index in [1.165, 1.54) is 6.07 Å². The van der Waals surface area contributed by atoms with Crippen molar-refractivity contribution in [1.29, 1.82) is 0 Å². The zero-order chi connectivity index (χ0) is 12.3. The minimum atomic E-state index is -0.968. The molecule has 0 amide bonds. The molecule has 0 aliphatic rings. The number of benzene rings is 1. The van der Waals surface area contributed by atoms with Crippen LogP contribution in [-0.4, -0.2) is 22.3 Å². The van der Waals surface area contributed by atoms with Crippen LogP contribution in [0.5, 0.6) is 0 Å². The van der Waals surface area contributed by atoms with Gasteiger partial charge in [0.2, 0.25) is 0 Å². The number of rotatable bonds is 3. The first kappa shape index (κ1) is 11.0. The Morgan fingerprint density at radius 3 is 2.59 bits per heavy atom. The van der Waals surface area contributed by atoms with Gasteiger partial charge in [0, 0.05) is 11.8 Å². The normalized spacial score (nSPS) is 9.88. The van der Waals surface area contributed by atoms with Crippen molar-refractivity contribution in [3.8, 4) is 11.1 Å². The average molecular weight is 227 g/mol. The number of aldehydes is 1. The molecule has 17 heavy (non-hydrogen) atoms. The van der Waals surface area contributed by atoms with Gasteiger partial charge in [-0.05, 0) is 23.8 Å². The summed E-state index contributed by atoms with van der Waals surface area (Å²) in [5.41, 5.74) is 2.11. The predicted molar refractivity (Wildman–Crippen MR) is 62.0 cm³/mol. The van der Waals surface area contributed by atoms with Gasteiger partial charge in [0.25, 0.3) is 0 Å². The number of hydrogen-bond donors (Lipinski definition) is 1. The van der Waals surface area contributed by atoms with Crippen molar-refractivity contribution in [2.24, 2.45) is 0 Å². The summed E-state index contributed by atoms with van der Waals surface area (Å²) in [4.78, 5) is 25.2. The lowest BCUT2D eigenvalue weighted by atomic mass is 10.0. The van der Waals surface area contributed by atoms with Crippen LogP contribution >= 0.6 is 0 Å². The molecule has 1 aromatic carbocycles. The lowest BCUT2D eigenvalue weighted by molar-refractivity contribution is 0.0697. The van der Waals surface area contributed by atoms with Crippen LogP contribution in [0.25, 0.3) is 11.1 Å². The summed E-state index contributed by atoms with van der Waals surface area (Å²) in [6.45, 7) is 0. The third-order valence-electron chi connectivity index (χ3n) is 2.35. The van der Waals surface area contributed by atoms with E-state index in [0.717, 1.165) is 11.1 Å². The van der Waals surface area contributed by atoms with E-state index in [2.05, 4.69) is 4.98 Å². The highest BCUT2D eigenvalue weighted by molar-refractivity contribution is 5.89. The van der Waals surface area contributed by atoms with Crippen molar-refractivity contribution in [2.75, 3.05) is 0 Å². The van der Waals surface area contributed by atoms with Gasteiger partial charge >= 0.3 is 5.97 Å². The van der Waals surface area contributed by atoms with Gasteiger partial charge < -0.3 is 5.11 Å².